The van der Waals surface area contributed by atoms with Gasteiger partial charge in [0, 0.05) is 42.3 Å². The molecule has 0 saturated carbocycles. The van der Waals surface area contributed by atoms with Crippen LogP contribution in [0, 0.1) is 0 Å². The number of carboxylic acid groups (broad SMARTS) is 1. The maximum atomic E-state index is 13.0. The molecule has 6 heteroatoms. The molecule has 0 radical (unpaired) electrons. The van der Waals surface area contributed by atoms with Gasteiger partial charge in [0.2, 0.25) is 5.91 Å². The molecule has 0 saturated heterocycles. The molecule has 0 spiro atoms. The summed E-state index contributed by atoms with van der Waals surface area (Å²) in [6, 6.07) is 25.9. The predicted molar refractivity (Wildman–Crippen MR) is 146 cm³/mol. The Morgan fingerprint density at radius 3 is 2.35 bits per heavy atom. The second-order valence-electron chi connectivity index (χ2n) is 8.77. The van der Waals surface area contributed by atoms with Crippen LogP contribution in [0.25, 0.3) is 17.0 Å². The lowest BCUT2D eigenvalue weighted by molar-refractivity contribution is -0.131. The normalized spacial score (nSPS) is 11.4. The van der Waals surface area contributed by atoms with Crippen LogP contribution in [0.5, 0.6) is 5.75 Å². The number of benzene rings is 3. The van der Waals surface area contributed by atoms with Gasteiger partial charge in [0.05, 0.1) is 0 Å². The van der Waals surface area contributed by atoms with Gasteiger partial charge in [-0.15, -0.1) is 0 Å². The summed E-state index contributed by atoms with van der Waals surface area (Å²) < 4.78 is 7.94. The molecule has 4 aromatic rings. The maximum Gasteiger partial charge on any atom is 0.328 e. The molecule has 0 aliphatic rings. The smallest absolute Gasteiger partial charge is 0.328 e. The standard InChI is InChI=1S/C31H30N2O4/c1-32(19-18-24-10-4-2-5-11-24)30(34)22-33-21-26(14-8-9-15-31(35)36)28-20-27(16-17-29(28)33)37-23-25-12-6-3-7-13-25/h2-17,20-21H,18-19,22-23H2,1H3,(H,35,36)/b14-8+,15-9+. The number of aliphatic carboxylic acids is 1. The molecule has 37 heavy (non-hydrogen) atoms. The fourth-order valence-electron chi connectivity index (χ4n) is 4.03. The lowest BCUT2D eigenvalue weighted by Gasteiger charge is -2.18. The van der Waals surface area contributed by atoms with Crippen molar-refractivity contribution in [3.05, 3.63) is 120 Å². The number of carbonyl (C=O) groups is 2. The number of allylic oxidation sites excluding steroid dienone is 2. The molecule has 1 amide bonds. The van der Waals surface area contributed by atoms with Gasteiger partial charge < -0.3 is 19.3 Å². The first-order valence-electron chi connectivity index (χ1n) is 12.1. The Morgan fingerprint density at radius 2 is 1.65 bits per heavy atom. The van der Waals surface area contributed by atoms with Crippen LogP contribution in [0.15, 0.2) is 103 Å². The third-order valence-corrected chi connectivity index (χ3v) is 6.07. The highest BCUT2D eigenvalue weighted by molar-refractivity contribution is 5.92. The lowest BCUT2D eigenvalue weighted by atomic mass is 10.1. The van der Waals surface area contributed by atoms with E-state index in [-0.39, 0.29) is 12.5 Å². The third kappa shape index (κ3) is 7.21. The molecule has 1 aromatic heterocycles. The van der Waals surface area contributed by atoms with Crippen molar-refractivity contribution in [1.29, 1.82) is 0 Å². The summed E-state index contributed by atoms with van der Waals surface area (Å²) in [6.07, 6.45) is 8.78. The van der Waals surface area contributed by atoms with E-state index in [2.05, 4.69) is 12.1 Å². The van der Waals surface area contributed by atoms with Crippen LogP contribution >= 0.6 is 0 Å². The van der Waals surface area contributed by atoms with Gasteiger partial charge in [0.15, 0.2) is 0 Å². The molecule has 0 aliphatic heterocycles. The summed E-state index contributed by atoms with van der Waals surface area (Å²) in [6.45, 7) is 1.28. The minimum Gasteiger partial charge on any atom is -0.489 e. The van der Waals surface area contributed by atoms with Crippen LogP contribution in [0.2, 0.25) is 0 Å². The number of nitrogens with zero attached hydrogens (tertiary/aromatic N) is 2. The molecule has 3 aromatic carbocycles. The van der Waals surface area contributed by atoms with Crippen molar-refractivity contribution in [2.45, 2.75) is 19.6 Å². The number of hydrogen-bond donors (Lipinski definition) is 1. The van der Waals surface area contributed by atoms with E-state index < -0.39 is 5.97 Å². The van der Waals surface area contributed by atoms with E-state index >= 15 is 0 Å². The number of aromatic nitrogens is 1. The van der Waals surface area contributed by atoms with E-state index in [4.69, 9.17) is 9.84 Å². The van der Waals surface area contributed by atoms with Gasteiger partial charge in [0.1, 0.15) is 18.9 Å². The van der Waals surface area contributed by atoms with E-state index in [1.165, 1.54) is 11.6 Å². The summed E-state index contributed by atoms with van der Waals surface area (Å²) >= 11 is 0. The van der Waals surface area contributed by atoms with Crippen LogP contribution in [0.1, 0.15) is 16.7 Å². The first-order valence-corrected chi connectivity index (χ1v) is 12.1. The fraction of sp³-hybridized carbons (Fsp3) is 0.161. The van der Waals surface area contributed by atoms with E-state index in [9.17, 15) is 9.59 Å². The largest absolute Gasteiger partial charge is 0.489 e. The van der Waals surface area contributed by atoms with Crippen molar-refractivity contribution in [2.24, 2.45) is 0 Å². The highest BCUT2D eigenvalue weighted by Gasteiger charge is 2.14. The average Bonchev–Trinajstić information content (AvgIpc) is 3.25. The van der Waals surface area contributed by atoms with Crippen molar-refractivity contribution >= 4 is 28.9 Å². The van der Waals surface area contributed by atoms with Crippen molar-refractivity contribution in [3.8, 4) is 5.75 Å². The van der Waals surface area contributed by atoms with Gasteiger partial charge in [-0.2, -0.15) is 0 Å². The van der Waals surface area contributed by atoms with Gasteiger partial charge >= 0.3 is 5.97 Å². The predicted octanol–water partition coefficient (Wildman–Crippen LogP) is 5.58. The second-order valence-corrected chi connectivity index (χ2v) is 8.77. The number of carboxylic acids is 1. The minimum atomic E-state index is -1.01. The number of rotatable bonds is 11. The molecular weight excluding hydrogens is 464 g/mol. The molecule has 1 N–H and O–H groups in total. The zero-order valence-electron chi connectivity index (χ0n) is 20.8. The molecule has 0 bridgehead atoms. The number of likely N-dealkylation sites (N-methyl/N-ethyl adjacent to an activating group) is 1. The summed E-state index contributed by atoms with van der Waals surface area (Å²) in [4.78, 5) is 25.6. The highest BCUT2D eigenvalue weighted by atomic mass is 16.5. The van der Waals surface area contributed by atoms with Crippen molar-refractivity contribution in [1.82, 2.24) is 9.47 Å². The average molecular weight is 495 g/mol. The highest BCUT2D eigenvalue weighted by Crippen LogP contribution is 2.28. The van der Waals surface area contributed by atoms with Gasteiger partial charge in [-0.25, -0.2) is 4.79 Å². The Bertz CT molecular complexity index is 1410. The van der Waals surface area contributed by atoms with Gasteiger partial charge in [-0.3, -0.25) is 4.79 Å². The number of fused-ring (bicyclic) bond motifs is 1. The van der Waals surface area contributed by atoms with Gasteiger partial charge in [-0.05, 0) is 35.7 Å². The molecule has 0 fully saturated rings. The molecule has 4 rings (SSSR count). The van der Waals surface area contributed by atoms with Crippen molar-refractivity contribution in [3.63, 3.8) is 0 Å². The SMILES string of the molecule is CN(CCc1ccccc1)C(=O)Cn1cc(/C=C/C=C/C(=O)O)c2cc(OCc3ccccc3)ccc21. The molecule has 188 valence electrons. The topological polar surface area (TPSA) is 71.8 Å². The molecule has 1 heterocycles. The molecule has 0 atom stereocenters. The fourth-order valence-corrected chi connectivity index (χ4v) is 4.03. The minimum absolute atomic E-state index is 0.0125. The van der Waals surface area contributed by atoms with Crippen LogP contribution in [0.4, 0.5) is 0 Å². The van der Waals surface area contributed by atoms with E-state index in [1.807, 2.05) is 90.6 Å². The lowest BCUT2D eigenvalue weighted by Crippen LogP contribution is -2.31. The van der Waals surface area contributed by atoms with Crippen molar-refractivity contribution < 1.29 is 19.4 Å². The van der Waals surface area contributed by atoms with Crippen LogP contribution in [-0.2, 0) is 29.2 Å². The number of ether oxygens (including phenoxy) is 1. The third-order valence-electron chi connectivity index (χ3n) is 6.07. The number of amides is 1. The second kappa shape index (κ2) is 12.4. The van der Waals surface area contributed by atoms with E-state index in [1.54, 1.807) is 11.0 Å². The summed E-state index contributed by atoms with van der Waals surface area (Å²) in [7, 11) is 1.82. The zero-order valence-corrected chi connectivity index (χ0v) is 20.8. The summed E-state index contributed by atoms with van der Waals surface area (Å²) in [5.41, 5.74) is 4.04. The number of hydrogen-bond acceptors (Lipinski definition) is 3. The Labute approximate surface area is 216 Å². The Morgan fingerprint density at radius 1 is 0.946 bits per heavy atom. The summed E-state index contributed by atoms with van der Waals surface area (Å²) in [5.74, 6) is -0.275. The van der Waals surface area contributed by atoms with Gasteiger partial charge in [-0.1, -0.05) is 78.9 Å². The first-order chi connectivity index (χ1) is 18.0. The van der Waals surface area contributed by atoms with Crippen molar-refractivity contribution in [2.75, 3.05) is 13.6 Å². The monoisotopic (exact) mass is 494 g/mol. The van der Waals surface area contributed by atoms with Crippen LogP contribution in [-0.4, -0.2) is 40.0 Å². The van der Waals surface area contributed by atoms with Crippen LogP contribution < -0.4 is 4.74 Å². The Kier molecular flexibility index (Phi) is 8.55. The van der Waals surface area contributed by atoms with Gasteiger partial charge in [0.25, 0.3) is 0 Å². The maximum absolute atomic E-state index is 13.0. The first kappa shape index (κ1) is 25.5. The quantitative estimate of drug-likeness (QED) is 0.218. The summed E-state index contributed by atoms with van der Waals surface area (Å²) in [5, 5.41) is 9.78. The number of carbonyl (C=O) groups excluding carboxylic acids is 1. The van der Waals surface area contributed by atoms with Crippen LogP contribution in [0.3, 0.4) is 0 Å². The van der Waals surface area contributed by atoms with E-state index in [0.717, 1.165) is 40.3 Å². The molecule has 0 unspecified atom stereocenters. The molecule has 0 aliphatic carbocycles. The molecular formula is C31H30N2O4. The zero-order chi connectivity index (χ0) is 26.0. The Balaban J connectivity index is 1.53. The Hall–Kier alpha value is -4.58. The molecule has 6 nitrogen and oxygen atoms in total. The van der Waals surface area contributed by atoms with E-state index in [0.29, 0.717) is 13.2 Å².